The van der Waals surface area contributed by atoms with Gasteiger partial charge < -0.3 is 30.1 Å². The monoisotopic (exact) mass is 554 g/mol. The van der Waals surface area contributed by atoms with Crippen molar-refractivity contribution >= 4 is 23.9 Å². The number of nitrogens with one attached hydrogen (secondary N) is 2. The summed E-state index contributed by atoms with van der Waals surface area (Å²) in [6.45, 7) is 16.0. The number of carbonyl (C=O) groups excluding carboxylic acids is 4. The third-order valence-corrected chi connectivity index (χ3v) is 6.30. The van der Waals surface area contributed by atoms with E-state index in [0.717, 1.165) is 32.2 Å². The second kappa shape index (κ2) is 15.8. The third-order valence-electron chi connectivity index (χ3n) is 6.30. The van der Waals surface area contributed by atoms with Crippen molar-refractivity contribution in [1.29, 1.82) is 0 Å². The Kier molecular flexibility index (Phi) is 13.9. The highest BCUT2D eigenvalue weighted by Gasteiger charge is 2.38. The van der Waals surface area contributed by atoms with Gasteiger partial charge in [-0.1, -0.05) is 13.0 Å². The highest BCUT2D eigenvalue weighted by molar-refractivity contribution is 5.92. The predicted molar refractivity (Wildman–Crippen MR) is 149 cm³/mol. The number of rotatable bonds is 17. The SMILES string of the molecule is C=CCCCN(C[C@H](NC(=O)OC(C)(C)C)C(=O)N(CC(=O)N[C@@](C)(CC)C(=O)OCC)C[C@@H](C)O)C1CC1. The summed E-state index contributed by atoms with van der Waals surface area (Å²) in [5, 5.41) is 15.5. The number of ether oxygens (including phenoxy) is 2. The predicted octanol–water partition coefficient (Wildman–Crippen LogP) is 2.37. The number of hydrogen-bond donors (Lipinski definition) is 3. The molecule has 0 spiro atoms. The van der Waals surface area contributed by atoms with Crippen LogP contribution in [0.1, 0.15) is 80.6 Å². The van der Waals surface area contributed by atoms with Gasteiger partial charge in [-0.25, -0.2) is 9.59 Å². The summed E-state index contributed by atoms with van der Waals surface area (Å²) in [5.41, 5.74) is -2.04. The molecule has 0 saturated heterocycles. The quantitative estimate of drug-likeness (QED) is 0.142. The number of aliphatic hydroxyl groups is 1. The molecular weight excluding hydrogens is 504 g/mol. The van der Waals surface area contributed by atoms with E-state index in [0.29, 0.717) is 6.04 Å². The zero-order chi connectivity index (χ0) is 29.8. The van der Waals surface area contributed by atoms with E-state index in [1.165, 1.54) is 11.8 Å². The minimum atomic E-state index is -1.27. The lowest BCUT2D eigenvalue weighted by atomic mass is 9.99. The third kappa shape index (κ3) is 12.8. The molecule has 3 atom stereocenters. The van der Waals surface area contributed by atoms with Crippen molar-refractivity contribution in [3.63, 3.8) is 0 Å². The largest absolute Gasteiger partial charge is 0.464 e. The van der Waals surface area contributed by atoms with Gasteiger partial charge in [-0.15, -0.1) is 6.58 Å². The lowest BCUT2D eigenvalue weighted by Crippen LogP contribution is -2.59. The number of amides is 3. The normalized spacial score (nSPS) is 16.4. The molecule has 0 aliphatic heterocycles. The van der Waals surface area contributed by atoms with E-state index < -0.39 is 53.7 Å². The first kappa shape index (κ1) is 34.4. The van der Waals surface area contributed by atoms with Gasteiger partial charge in [0.15, 0.2) is 0 Å². The van der Waals surface area contributed by atoms with Gasteiger partial charge in [-0.3, -0.25) is 14.5 Å². The molecule has 0 aromatic carbocycles. The molecule has 39 heavy (non-hydrogen) atoms. The van der Waals surface area contributed by atoms with Crippen LogP contribution >= 0.6 is 0 Å². The van der Waals surface area contributed by atoms with Crippen molar-refractivity contribution in [2.45, 2.75) is 110 Å². The summed E-state index contributed by atoms with van der Waals surface area (Å²) >= 11 is 0. The summed E-state index contributed by atoms with van der Waals surface area (Å²) in [4.78, 5) is 55.4. The number of allylic oxidation sites excluding steroid dienone is 1. The lowest BCUT2D eigenvalue weighted by Gasteiger charge is -2.33. The van der Waals surface area contributed by atoms with Crippen LogP contribution in [0.15, 0.2) is 12.7 Å². The van der Waals surface area contributed by atoms with E-state index in [2.05, 4.69) is 22.1 Å². The fourth-order valence-electron chi connectivity index (χ4n) is 4.04. The van der Waals surface area contributed by atoms with Crippen molar-refractivity contribution in [2.24, 2.45) is 0 Å². The number of alkyl carbamates (subject to hydrolysis) is 1. The van der Waals surface area contributed by atoms with E-state index in [-0.39, 0.29) is 26.1 Å². The summed E-state index contributed by atoms with van der Waals surface area (Å²) < 4.78 is 10.5. The Hall–Kier alpha value is -2.66. The second-order valence-corrected chi connectivity index (χ2v) is 11.4. The molecule has 3 N–H and O–H groups in total. The first-order valence-electron chi connectivity index (χ1n) is 13.9. The zero-order valence-electron chi connectivity index (χ0n) is 24.9. The number of unbranched alkanes of at least 4 members (excludes halogenated alkanes) is 1. The van der Waals surface area contributed by atoms with Crippen LogP contribution in [-0.2, 0) is 23.9 Å². The number of nitrogens with zero attached hydrogens (tertiary/aromatic N) is 2. The highest BCUT2D eigenvalue weighted by atomic mass is 16.6. The first-order chi connectivity index (χ1) is 18.2. The highest BCUT2D eigenvalue weighted by Crippen LogP contribution is 2.27. The van der Waals surface area contributed by atoms with Gasteiger partial charge in [0.2, 0.25) is 11.8 Å². The molecule has 1 saturated carbocycles. The number of carbonyl (C=O) groups is 4. The minimum Gasteiger partial charge on any atom is -0.464 e. The van der Waals surface area contributed by atoms with Gasteiger partial charge >= 0.3 is 12.1 Å². The maximum Gasteiger partial charge on any atom is 0.408 e. The number of esters is 1. The Morgan fingerprint density at radius 1 is 1.13 bits per heavy atom. The Balaban J connectivity index is 3.18. The molecule has 0 unspecified atom stereocenters. The van der Waals surface area contributed by atoms with E-state index in [4.69, 9.17) is 9.47 Å². The van der Waals surface area contributed by atoms with Crippen molar-refractivity contribution < 1.29 is 33.8 Å². The minimum absolute atomic E-state index is 0.138. The summed E-state index contributed by atoms with van der Waals surface area (Å²) in [6.07, 6.45) is 4.14. The molecule has 0 radical (unpaired) electrons. The molecule has 3 amide bonds. The Morgan fingerprint density at radius 2 is 1.77 bits per heavy atom. The van der Waals surface area contributed by atoms with Crippen molar-refractivity contribution in [3.8, 4) is 0 Å². The molecule has 11 nitrogen and oxygen atoms in total. The van der Waals surface area contributed by atoms with E-state index in [1.807, 2.05) is 6.08 Å². The smallest absolute Gasteiger partial charge is 0.408 e. The van der Waals surface area contributed by atoms with Crippen LogP contribution in [0, 0.1) is 0 Å². The van der Waals surface area contributed by atoms with Crippen LogP contribution in [0.2, 0.25) is 0 Å². The van der Waals surface area contributed by atoms with Gasteiger partial charge in [0.1, 0.15) is 17.2 Å². The van der Waals surface area contributed by atoms with E-state index >= 15 is 0 Å². The molecule has 11 heteroatoms. The number of hydrogen-bond acceptors (Lipinski definition) is 8. The molecule has 1 aliphatic rings. The molecule has 1 fully saturated rings. The second-order valence-electron chi connectivity index (χ2n) is 11.4. The average Bonchev–Trinajstić information content (AvgIpc) is 3.66. The maximum atomic E-state index is 13.8. The van der Waals surface area contributed by atoms with Crippen LogP contribution in [0.25, 0.3) is 0 Å². The van der Waals surface area contributed by atoms with Crippen LogP contribution in [0.4, 0.5) is 4.79 Å². The fraction of sp³-hybridized carbons (Fsp3) is 0.786. The molecule has 0 aromatic heterocycles. The standard InChI is InChI=1S/C28H50N4O7/c1-9-12-13-16-31(21-14-15-21)18-22(29-26(37)39-27(5,6)7)24(35)32(17-20(4)33)19-23(34)30-28(8,10-2)25(36)38-11-3/h9,20-22,33H,1,10-19H2,2-8H3,(H,29,37)(H,30,34)/t20-,22+,28+/m1/s1. The lowest BCUT2D eigenvalue weighted by molar-refractivity contribution is -0.153. The molecule has 0 heterocycles. The van der Waals surface area contributed by atoms with Crippen molar-refractivity contribution in [3.05, 3.63) is 12.7 Å². The van der Waals surface area contributed by atoms with Gasteiger partial charge in [0.25, 0.3) is 0 Å². The van der Waals surface area contributed by atoms with Crippen LogP contribution < -0.4 is 10.6 Å². The van der Waals surface area contributed by atoms with E-state index in [9.17, 15) is 24.3 Å². The topological polar surface area (TPSA) is 138 Å². The van der Waals surface area contributed by atoms with Crippen molar-refractivity contribution in [2.75, 3.05) is 32.8 Å². The maximum absolute atomic E-state index is 13.8. The Labute approximate surface area is 233 Å². The zero-order valence-corrected chi connectivity index (χ0v) is 24.9. The molecule has 1 rings (SSSR count). The molecular formula is C28H50N4O7. The molecule has 0 aromatic rings. The Morgan fingerprint density at radius 3 is 2.26 bits per heavy atom. The summed E-state index contributed by atoms with van der Waals surface area (Å²) in [7, 11) is 0. The van der Waals surface area contributed by atoms with Gasteiger partial charge in [-0.05, 0) is 80.2 Å². The molecule has 0 bridgehead atoms. The van der Waals surface area contributed by atoms with Gasteiger partial charge in [0, 0.05) is 19.1 Å². The molecule has 224 valence electrons. The summed E-state index contributed by atoms with van der Waals surface area (Å²) in [5.74, 6) is -1.68. The van der Waals surface area contributed by atoms with Crippen LogP contribution in [-0.4, -0.2) is 101 Å². The number of aliphatic hydroxyl groups excluding tert-OH is 1. The van der Waals surface area contributed by atoms with Crippen molar-refractivity contribution in [1.82, 2.24) is 20.4 Å². The van der Waals surface area contributed by atoms with Gasteiger partial charge in [-0.2, -0.15) is 0 Å². The van der Waals surface area contributed by atoms with Crippen LogP contribution in [0.5, 0.6) is 0 Å². The first-order valence-corrected chi connectivity index (χ1v) is 13.9. The molecule has 1 aliphatic carbocycles. The summed E-state index contributed by atoms with van der Waals surface area (Å²) in [6, 6.07) is -0.702. The van der Waals surface area contributed by atoms with E-state index in [1.54, 1.807) is 41.5 Å². The Bertz CT molecular complexity index is 838. The average molecular weight is 555 g/mol. The fourth-order valence-corrected chi connectivity index (χ4v) is 4.04. The van der Waals surface area contributed by atoms with Crippen LogP contribution in [0.3, 0.4) is 0 Å². The van der Waals surface area contributed by atoms with Gasteiger partial charge in [0.05, 0.1) is 19.3 Å².